The van der Waals surface area contributed by atoms with E-state index < -0.39 is 18.5 Å². The Morgan fingerprint density at radius 2 is 1.59 bits per heavy atom. The molecule has 0 saturated carbocycles. The molecule has 0 aliphatic carbocycles. The lowest BCUT2D eigenvalue weighted by Gasteiger charge is -2.08. The highest BCUT2D eigenvalue weighted by molar-refractivity contribution is 5.89. The minimum absolute atomic E-state index is 0.0533. The number of hydrogen-bond donors (Lipinski definition) is 1. The fourth-order valence-electron chi connectivity index (χ4n) is 3.58. The first-order chi connectivity index (χ1) is 16.5. The molecule has 1 N–H and O–H groups in total. The van der Waals surface area contributed by atoms with E-state index in [0.717, 1.165) is 28.1 Å². The van der Waals surface area contributed by atoms with Crippen LogP contribution in [0.2, 0.25) is 0 Å². The Morgan fingerprint density at radius 1 is 0.941 bits per heavy atom. The summed E-state index contributed by atoms with van der Waals surface area (Å²) in [4.78, 5) is 24.5. The molecule has 0 aliphatic rings. The lowest BCUT2D eigenvalue weighted by molar-refractivity contribution is -0.124. The maximum Gasteiger partial charge on any atom is 0.361 e. The number of esters is 1. The van der Waals surface area contributed by atoms with Crippen molar-refractivity contribution in [3.05, 3.63) is 101 Å². The van der Waals surface area contributed by atoms with Gasteiger partial charge in [0.1, 0.15) is 0 Å². The van der Waals surface area contributed by atoms with E-state index in [1.54, 1.807) is 4.68 Å². The molecule has 0 atom stereocenters. The Kier molecular flexibility index (Phi) is 7.12. The van der Waals surface area contributed by atoms with Crippen molar-refractivity contribution in [3.8, 4) is 0 Å². The first-order valence-corrected chi connectivity index (χ1v) is 10.9. The Morgan fingerprint density at radius 3 is 2.26 bits per heavy atom. The number of carbonyl (C=O) groups is 2. The Hall–Kier alpha value is -4.27. The lowest BCUT2D eigenvalue weighted by atomic mass is 10.2. The van der Waals surface area contributed by atoms with Gasteiger partial charge in [0.15, 0.2) is 12.3 Å². The van der Waals surface area contributed by atoms with Gasteiger partial charge in [0.05, 0.1) is 25.0 Å². The highest BCUT2D eigenvalue weighted by Crippen LogP contribution is 2.14. The van der Waals surface area contributed by atoms with Crippen molar-refractivity contribution in [2.24, 2.45) is 0 Å². The quantitative estimate of drug-likeness (QED) is 0.387. The summed E-state index contributed by atoms with van der Waals surface area (Å²) < 4.78 is 8.57. The van der Waals surface area contributed by atoms with Gasteiger partial charge in [-0.05, 0) is 25.0 Å². The molecule has 0 radical (unpaired) electrons. The number of nitrogens with one attached hydrogen (secondary N) is 1. The number of nitrogens with zero attached hydrogens (tertiary/aromatic N) is 5. The standard InChI is InChI=1S/C25H26N6O3/c1-18-22(19(2)31(28-18)15-21-11-7-4-8-12-21)13-26-24(32)17-34-25(33)23-16-30(29-27-23)14-20-9-5-3-6-10-20/h3-12,16H,13-15,17H2,1-2H3,(H,26,32). The maximum atomic E-state index is 12.3. The van der Waals surface area contributed by atoms with Crippen molar-refractivity contribution in [2.45, 2.75) is 33.5 Å². The van der Waals surface area contributed by atoms with Gasteiger partial charge in [-0.1, -0.05) is 65.9 Å². The van der Waals surface area contributed by atoms with Crippen LogP contribution in [0, 0.1) is 13.8 Å². The fraction of sp³-hybridized carbons (Fsp3) is 0.240. The van der Waals surface area contributed by atoms with E-state index in [2.05, 4.69) is 20.7 Å². The highest BCUT2D eigenvalue weighted by Gasteiger charge is 2.16. The summed E-state index contributed by atoms with van der Waals surface area (Å²) >= 11 is 0. The van der Waals surface area contributed by atoms with Crippen LogP contribution in [0.25, 0.3) is 0 Å². The molecular formula is C25H26N6O3. The van der Waals surface area contributed by atoms with E-state index in [9.17, 15) is 9.59 Å². The van der Waals surface area contributed by atoms with Crippen LogP contribution in [0.3, 0.4) is 0 Å². The molecule has 1 amide bonds. The van der Waals surface area contributed by atoms with Gasteiger partial charge >= 0.3 is 5.97 Å². The molecule has 0 unspecified atom stereocenters. The SMILES string of the molecule is Cc1nn(Cc2ccccc2)c(C)c1CNC(=O)COC(=O)c1cn(Cc2ccccc2)nn1. The summed E-state index contributed by atoms with van der Waals surface area (Å²) in [5.41, 5.74) is 5.01. The van der Waals surface area contributed by atoms with Crippen molar-refractivity contribution < 1.29 is 14.3 Å². The predicted octanol–water partition coefficient (Wildman–Crippen LogP) is 2.66. The van der Waals surface area contributed by atoms with Crippen LogP contribution in [0.15, 0.2) is 66.9 Å². The number of amides is 1. The molecule has 0 aliphatic heterocycles. The second-order valence-electron chi connectivity index (χ2n) is 7.93. The minimum atomic E-state index is -0.697. The van der Waals surface area contributed by atoms with Gasteiger partial charge in [0.25, 0.3) is 5.91 Å². The molecule has 0 spiro atoms. The van der Waals surface area contributed by atoms with Crippen LogP contribution in [0.5, 0.6) is 0 Å². The van der Waals surface area contributed by atoms with Gasteiger partial charge in [0.2, 0.25) is 0 Å². The fourth-order valence-corrected chi connectivity index (χ4v) is 3.58. The molecule has 174 valence electrons. The molecule has 9 heteroatoms. The van der Waals surface area contributed by atoms with Gasteiger partial charge in [-0.2, -0.15) is 5.10 Å². The smallest absolute Gasteiger partial charge is 0.361 e. The number of ether oxygens (including phenoxy) is 1. The first-order valence-electron chi connectivity index (χ1n) is 10.9. The molecule has 0 bridgehead atoms. The minimum Gasteiger partial charge on any atom is -0.451 e. The zero-order valence-corrected chi connectivity index (χ0v) is 19.1. The van der Waals surface area contributed by atoms with Gasteiger partial charge < -0.3 is 10.1 Å². The van der Waals surface area contributed by atoms with Crippen molar-refractivity contribution in [1.29, 1.82) is 0 Å². The van der Waals surface area contributed by atoms with E-state index in [1.165, 1.54) is 6.20 Å². The van der Waals surface area contributed by atoms with E-state index in [0.29, 0.717) is 19.6 Å². The first kappa shape index (κ1) is 22.9. The average Bonchev–Trinajstić information content (AvgIpc) is 3.41. The maximum absolute atomic E-state index is 12.3. The average molecular weight is 459 g/mol. The summed E-state index contributed by atoms with van der Waals surface area (Å²) in [5.74, 6) is -1.10. The van der Waals surface area contributed by atoms with Crippen molar-refractivity contribution in [3.63, 3.8) is 0 Å². The van der Waals surface area contributed by atoms with Crippen molar-refractivity contribution in [1.82, 2.24) is 30.1 Å². The normalized spacial score (nSPS) is 10.8. The van der Waals surface area contributed by atoms with Crippen molar-refractivity contribution in [2.75, 3.05) is 6.61 Å². The molecule has 2 aromatic heterocycles. The predicted molar refractivity (Wildman–Crippen MR) is 125 cm³/mol. The molecule has 2 aromatic carbocycles. The summed E-state index contributed by atoms with van der Waals surface area (Å²) in [6, 6.07) is 19.8. The molecule has 0 fully saturated rings. The largest absolute Gasteiger partial charge is 0.451 e. The second kappa shape index (κ2) is 10.6. The third-order valence-corrected chi connectivity index (χ3v) is 5.44. The zero-order chi connectivity index (χ0) is 23.9. The molecular weight excluding hydrogens is 432 g/mol. The van der Waals surface area contributed by atoms with Gasteiger partial charge in [-0.3, -0.25) is 9.48 Å². The van der Waals surface area contributed by atoms with Crippen LogP contribution in [0.1, 0.15) is 38.6 Å². The van der Waals surface area contributed by atoms with Gasteiger partial charge in [-0.15, -0.1) is 5.10 Å². The second-order valence-corrected chi connectivity index (χ2v) is 7.93. The molecule has 4 rings (SSSR count). The van der Waals surface area contributed by atoms with E-state index in [4.69, 9.17) is 4.74 Å². The summed E-state index contributed by atoms with van der Waals surface area (Å²) in [6.45, 7) is 4.93. The number of carbonyl (C=O) groups excluding carboxylic acids is 2. The number of benzene rings is 2. The zero-order valence-electron chi connectivity index (χ0n) is 19.1. The monoisotopic (exact) mass is 458 g/mol. The highest BCUT2D eigenvalue weighted by atomic mass is 16.5. The van der Waals surface area contributed by atoms with Gasteiger partial charge in [0, 0.05) is 17.8 Å². The van der Waals surface area contributed by atoms with Crippen LogP contribution in [-0.4, -0.2) is 43.3 Å². The number of aromatic nitrogens is 5. The Balaban J connectivity index is 1.26. The molecule has 9 nitrogen and oxygen atoms in total. The van der Waals surface area contributed by atoms with Crippen LogP contribution in [0.4, 0.5) is 0 Å². The van der Waals surface area contributed by atoms with E-state index >= 15 is 0 Å². The van der Waals surface area contributed by atoms with Crippen LogP contribution >= 0.6 is 0 Å². The third kappa shape index (κ3) is 5.74. The topological polar surface area (TPSA) is 104 Å². The van der Waals surface area contributed by atoms with E-state index in [-0.39, 0.29) is 5.69 Å². The van der Waals surface area contributed by atoms with Crippen molar-refractivity contribution >= 4 is 11.9 Å². The molecule has 34 heavy (non-hydrogen) atoms. The lowest BCUT2D eigenvalue weighted by Crippen LogP contribution is -2.28. The number of rotatable bonds is 9. The molecule has 2 heterocycles. The Labute approximate surface area is 197 Å². The molecule has 0 saturated heterocycles. The molecule has 4 aromatic rings. The van der Waals surface area contributed by atoms with E-state index in [1.807, 2.05) is 79.2 Å². The summed E-state index contributed by atoms with van der Waals surface area (Å²) in [6.07, 6.45) is 1.50. The third-order valence-electron chi connectivity index (χ3n) is 5.44. The van der Waals surface area contributed by atoms with Gasteiger partial charge in [-0.25, -0.2) is 9.48 Å². The summed E-state index contributed by atoms with van der Waals surface area (Å²) in [5, 5.41) is 15.2. The van der Waals surface area contributed by atoms with Crippen LogP contribution < -0.4 is 5.32 Å². The van der Waals surface area contributed by atoms with Crippen LogP contribution in [-0.2, 0) is 29.2 Å². The Bertz CT molecular complexity index is 1260. The summed E-state index contributed by atoms with van der Waals surface area (Å²) in [7, 11) is 0. The number of hydrogen-bond acceptors (Lipinski definition) is 6. The number of aryl methyl sites for hydroxylation is 1.